The van der Waals surface area contributed by atoms with Gasteiger partial charge < -0.3 is 15.0 Å². The molecule has 0 saturated heterocycles. The Balaban J connectivity index is 2.17. The predicted octanol–water partition coefficient (Wildman–Crippen LogP) is 3.63. The molecule has 0 fully saturated rings. The second-order valence-corrected chi connectivity index (χ2v) is 6.47. The van der Waals surface area contributed by atoms with Crippen molar-refractivity contribution in [3.8, 4) is 5.75 Å². The number of nitrogens with zero attached hydrogens (tertiary/aromatic N) is 1. The van der Waals surface area contributed by atoms with Crippen LogP contribution in [0.2, 0.25) is 0 Å². The lowest BCUT2D eigenvalue weighted by Gasteiger charge is -2.26. The summed E-state index contributed by atoms with van der Waals surface area (Å²) < 4.78 is 19.9. The molecule has 1 amide bonds. The van der Waals surface area contributed by atoms with E-state index < -0.39 is 11.7 Å². The van der Waals surface area contributed by atoms with Crippen LogP contribution in [-0.2, 0) is 0 Å². The van der Waals surface area contributed by atoms with E-state index in [0.717, 1.165) is 11.3 Å². The molecule has 24 heavy (non-hydrogen) atoms. The number of amides is 1. The second-order valence-electron chi connectivity index (χ2n) is 5.56. The van der Waals surface area contributed by atoms with Gasteiger partial charge in [-0.25, -0.2) is 4.39 Å². The first kappa shape index (κ1) is 18.4. The molecule has 1 unspecified atom stereocenters. The van der Waals surface area contributed by atoms with Crippen LogP contribution in [0.15, 0.2) is 46.9 Å². The van der Waals surface area contributed by atoms with Crippen LogP contribution in [0.3, 0.4) is 0 Å². The molecule has 2 rings (SSSR count). The van der Waals surface area contributed by atoms with E-state index in [1.807, 2.05) is 43.3 Å². The molecule has 6 heteroatoms. The first-order valence-electron chi connectivity index (χ1n) is 7.46. The average Bonchev–Trinajstić information content (AvgIpc) is 2.57. The van der Waals surface area contributed by atoms with Gasteiger partial charge >= 0.3 is 0 Å². The Bertz CT molecular complexity index is 722. The maximum atomic E-state index is 13.8. The summed E-state index contributed by atoms with van der Waals surface area (Å²) in [6.07, 6.45) is 0. The first-order chi connectivity index (χ1) is 11.4. The van der Waals surface area contributed by atoms with Crippen LogP contribution in [0, 0.1) is 5.82 Å². The normalized spacial score (nSPS) is 12.1. The average molecular weight is 395 g/mol. The van der Waals surface area contributed by atoms with Crippen molar-refractivity contribution < 1.29 is 13.9 Å². The third-order valence-corrected chi connectivity index (χ3v) is 4.24. The van der Waals surface area contributed by atoms with Gasteiger partial charge in [0.25, 0.3) is 5.91 Å². The van der Waals surface area contributed by atoms with E-state index in [-0.39, 0.29) is 11.6 Å². The molecule has 2 aromatic rings. The van der Waals surface area contributed by atoms with Crippen molar-refractivity contribution >= 4 is 21.8 Å². The molecular weight excluding hydrogens is 375 g/mol. The summed E-state index contributed by atoms with van der Waals surface area (Å²) >= 11 is 3.25. The number of carbonyl (C=O) groups is 1. The highest BCUT2D eigenvalue weighted by Crippen LogP contribution is 2.27. The van der Waals surface area contributed by atoms with E-state index in [2.05, 4.69) is 21.2 Å². The molecule has 1 atom stereocenters. The zero-order valence-electron chi connectivity index (χ0n) is 13.8. The van der Waals surface area contributed by atoms with Crippen molar-refractivity contribution in [1.82, 2.24) is 10.2 Å². The number of benzene rings is 2. The van der Waals surface area contributed by atoms with E-state index >= 15 is 0 Å². The Morgan fingerprint density at radius 1 is 1.29 bits per heavy atom. The summed E-state index contributed by atoms with van der Waals surface area (Å²) in [4.78, 5) is 14.3. The maximum Gasteiger partial charge on any atom is 0.254 e. The quantitative estimate of drug-likeness (QED) is 0.813. The number of rotatable bonds is 6. The van der Waals surface area contributed by atoms with Crippen molar-refractivity contribution in [3.63, 3.8) is 0 Å². The van der Waals surface area contributed by atoms with Gasteiger partial charge in [-0.2, -0.15) is 0 Å². The van der Waals surface area contributed by atoms with Gasteiger partial charge in [0.05, 0.1) is 18.7 Å². The summed E-state index contributed by atoms with van der Waals surface area (Å²) in [6.45, 7) is 0.332. The molecule has 4 nitrogen and oxygen atoms in total. The van der Waals surface area contributed by atoms with Gasteiger partial charge in [-0.05, 0) is 38.4 Å². The molecule has 0 aliphatic rings. The Kier molecular flexibility index (Phi) is 6.34. The van der Waals surface area contributed by atoms with Gasteiger partial charge in [0.2, 0.25) is 0 Å². The molecule has 2 aromatic carbocycles. The standard InChI is InChI=1S/C18H20BrFN2O2/c1-22(2)16(13-6-4-5-7-17(13)24-3)11-21-18(23)14-10-12(19)8-9-15(14)20/h4-10,16H,11H2,1-3H3,(H,21,23). The summed E-state index contributed by atoms with van der Waals surface area (Å²) in [5, 5.41) is 2.80. The number of likely N-dealkylation sites (N-methyl/N-ethyl adjacent to an activating group) is 1. The zero-order chi connectivity index (χ0) is 17.7. The van der Waals surface area contributed by atoms with E-state index in [1.165, 1.54) is 12.1 Å². The first-order valence-corrected chi connectivity index (χ1v) is 8.26. The highest BCUT2D eigenvalue weighted by Gasteiger charge is 2.20. The molecule has 0 bridgehead atoms. The number of halogens is 2. The van der Waals surface area contributed by atoms with Gasteiger partial charge in [0, 0.05) is 16.6 Å². The van der Waals surface area contributed by atoms with Gasteiger partial charge in [-0.1, -0.05) is 34.1 Å². The van der Waals surface area contributed by atoms with Gasteiger partial charge in [-0.3, -0.25) is 4.79 Å². The monoisotopic (exact) mass is 394 g/mol. The van der Waals surface area contributed by atoms with Crippen molar-refractivity contribution in [2.75, 3.05) is 27.7 Å². The van der Waals surface area contributed by atoms with E-state index in [4.69, 9.17) is 4.74 Å². The highest BCUT2D eigenvalue weighted by molar-refractivity contribution is 9.10. The second kappa shape index (κ2) is 8.26. The van der Waals surface area contributed by atoms with Gasteiger partial charge in [-0.15, -0.1) is 0 Å². The number of hydrogen-bond donors (Lipinski definition) is 1. The van der Waals surface area contributed by atoms with Crippen LogP contribution < -0.4 is 10.1 Å². The molecule has 0 aromatic heterocycles. The minimum absolute atomic E-state index is 0.0157. The van der Waals surface area contributed by atoms with Crippen LogP contribution >= 0.6 is 15.9 Å². The molecule has 0 spiro atoms. The number of carbonyl (C=O) groups excluding carboxylic acids is 1. The molecule has 128 valence electrons. The van der Waals surface area contributed by atoms with Crippen LogP contribution in [-0.4, -0.2) is 38.6 Å². The Morgan fingerprint density at radius 3 is 2.67 bits per heavy atom. The number of hydrogen-bond acceptors (Lipinski definition) is 3. The van der Waals surface area contributed by atoms with E-state index in [9.17, 15) is 9.18 Å². The fraction of sp³-hybridized carbons (Fsp3) is 0.278. The zero-order valence-corrected chi connectivity index (χ0v) is 15.4. The lowest BCUT2D eigenvalue weighted by Crippen LogP contribution is -2.35. The predicted molar refractivity (Wildman–Crippen MR) is 95.9 cm³/mol. The lowest BCUT2D eigenvalue weighted by molar-refractivity contribution is 0.0937. The van der Waals surface area contributed by atoms with Crippen molar-refractivity contribution in [1.29, 1.82) is 0 Å². The maximum absolute atomic E-state index is 13.8. The smallest absolute Gasteiger partial charge is 0.254 e. The lowest BCUT2D eigenvalue weighted by atomic mass is 10.0. The van der Waals surface area contributed by atoms with E-state index in [0.29, 0.717) is 11.0 Å². The summed E-state index contributed by atoms with van der Waals surface area (Å²) in [5.74, 6) is -0.246. The third-order valence-electron chi connectivity index (χ3n) is 3.75. The summed E-state index contributed by atoms with van der Waals surface area (Å²) in [5.41, 5.74) is 0.974. The third kappa shape index (κ3) is 4.33. The Morgan fingerprint density at radius 2 is 2.00 bits per heavy atom. The van der Waals surface area contributed by atoms with Crippen LogP contribution in [0.25, 0.3) is 0 Å². The molecule has 0 radical (unpaired) electrons. The van der Waals surface area contributed by atoms with Crippen molar-refractivity contribution in [2.24, 2.45) is 0 Å². The molecule has 0 heterocycles. The number of methoxy groups -OCH3 is 1. The van der Waals surface area contributed by atoms with Crippen LogP contribution in [0.5, 0.6) is 5.75 Å². The van der Waals surface area contributed by atoms with Gasteiger partial charge in [0.1, 0.15) is 11.6 Å². The minimum Gasteiger partial charge on any atom is -0.496 e. The summed E-state index contributed by atoms with van der Waals surface area (Å²) in [6, 6.07) is 11.8. The molecule has 0 aliphatic carbocycles. The Labute approximate surface area is 149 Å². The van der Waals surface area contributed by atoms with Crippen LogP contribution in [0.4, 0.5) is 4.39 Å². The topological polar surface area (TPSA) is 41.6 Å². The van der Waals surface area contributed by atoms with E-state index in [1.54, 1.807) is 13.2 Å². The molecule has 0 saturated carbocycles. The number of nitrogens with one attached hydrogen (secondary N) is 1. The largest absolute Gasteiger partial charge is 0.496 e. The minimum atomic E-state index is -0.547. The van der Waals surface area contributed by atoms with Crippen LogP contribution in [0.1, 0.15) is 22.0 Å². The number of ether oxygens (including phenoxy) is 1. The number of para-hydroxylation sites is 1. The molecular formula is C18H20BrFN2O2. The fourth-order valence-corrected chi connectivity index (χ4v) is 2.83. The Hall–Kier alpha value is -1.92. The van der Waals surface area contributed by atoms with Crippen molar-refractivity contribution in [2.45, 2.75) is 6.04 Å². The fourth-order valence-electron chi connectivity index (χ4n) is 2.47. The SMILES string of the molecule is COc1ccccc1C(CNC(=O)c1cc(Br)ccc1F)N(C)C. The van der Waals surface area contributed by atoms with Gasteiger partial charge in [0.15, 0.2) is 0 Å². The summed E-state index contributed by atoms with van der Waals surface area (Å²) in [7, 11) is 5.45. The molecule has 1 N–H and O–H groups in total. The van der Waals surface area contributed by atoms with Crippen molar-refractivity contribution in [3.05, 3.63) is 63.9 Å². The highest BCUT2D eigenvalue weighted by atomic mass is 79.9. The molecule has 0 aliphatic heterocycles.